The van der Waals surface area contributed by atoms with Crippen molar-refractivity contribution in [3.63, 3.8) is 0 Å². The van der Waals surface area contributed by atoms with Gasteiger partial charge in [-0.1, -0.05) is 48.5 Å². The van der Waals surface area contributed by atoms with Crippen molar-refractivity contribution in [1.82, 2.24) is 20.9 Å². The van der Waals surface area contributed by atoms with E-state index in [0.29, 0.717) is 23.7 Å². The molecule has 3 aromatic rings. The number of nitrogens with one attached hydrogen (secondary N) is 3. The summed E-state index contributed by atoms with van der Waals surface area (Å²) >= 11 is 0. The molecule has 0 radical (unpaired) electrons. The van der Waals surface area contributed by atoms with Gasteiger partial charge in [0.2, 0.25) is 17.7 Å². The maximum absolute atomic E-state index is 13.4. The molecule has 0 fully saturated rings. The summed E-state index contributed by atoms with van der Waals surface area (Å²) in [6.45, 7) is 2.60. The molecule has 1 aliphatic heterocycles. The van der Waals surface area contributed by atoms with Gasteiger partial charge in [0.15, 0.2) is 11.5 Å². The number of likely N-dealkylation sites (N-methyl/N-ethyl adjacent to an activating group) is 1. The summed E-state index contributed by atoms with van der Waals surface area (Å²) in [4.78, 5) is 54.7. The van der Waals surface area contributed by atoms with Crippen LogP contribution in [0.2, 0.25) is 0 Å². The van der Waals surface area contributed by atoms with Crippen LogP contribution in [0.15, 0.2) is 72.8 Å². The molecule has 4 amide bonds. The van der Waals surface area contributed by atoms with Crippen LogP contribution in [0.3, 0.4) is 0 Å². The fourth-order valence-electron chi connectivity index (χ4n) is 4.90. The highest BCUT2D eigenvalue weighted by molar-refractivity contribution is 5.99. The number of hydrogen-bond acceptors (Lipinski definition) is 7. The van der Waals surface area contributed by atoms with Gasteiger partial charge in [-0.25, -0.2) is 0 Å². The smallest absolute Gasteiger partial charge is 0.255 e. The fourth-order valence-corrected chi connectivity index (χ4v) is 4.90. The van der Waals surface area contributed by atoms with Crippen LogP contribution in [0, 0.1) is 6.92 Å². The maximum atomic E-state index is 13.4. The van der Waals surface area contributed by atoms with Crippen LogP contribution in [0.1, 0.15) is 34.3 Å². The molecule has 2 atom stereocenters. The Morgan fingerprint density at radius 3 is 2.53 bits per heavy atom. The lowest BCUT2D eigenvalue weighted by Crippen LogP contribution is -2.50. The Labute approximate surface area is 263 Å². The average molecular weight is 617 g/mol. The minimum atomic E-state index is -1.04. The number of aryl methyl sites for hydroxylation is 1. The number of nitrogens with zero attached hydrogens (tertiary/aromatic N) is 1. The molecule has 3 aromatic carbocycles. The van der Waals surface area contributed by atoms with Gasteiger partial charge in [-0.05, 0) is 48.7 Å². The van der Waals surface area contributed by atoms with Crippen LogP contribution in [-0.4, -0.2) is 81.1 Å². The van der Waals surface area contributed by atoms with E-state index in [2.05, 4.69) is 16.0 Å². The monoisotopic (exact) mass is 616 g/mol. The molecule has 0 saturated carbocycles. The summed E-state index contributed by atoms with van der Waals surface area (Å²) in [6.07, 6.45) is 0.197. The molecule has 11 nitrogen and oxygen atoms in total. The molecule has 11 heteroatoms. The molecule has 0 saturated heterocycles. The van der Waals surface area contributed by atoms with Gasteiger partial charge in [0, 0.05) is 19.9 Å². The number of carbonyl (C=O) groups is 4. The SMILES string of the molecule is COc1cc(C)ccc1OCCNC(=O)[C@@H]1CCC(=O)N[C@@H](Cc2ccccc2)C(=O)N(C)CCOc2ccccc2C(=O)N1. The van der Waals surface area contributed by atoms with Crippen molar-refractivity contribution in [3.05, 3.63) is 89.5 Å². The van der Waals surface area contributed by atoms with E-state index >= 15 is 0 Å². The summed E-state index contributed by atoms with van der Waals surface area (Å²) in [5.41, 5.74) is 2.15. The van der Waals surface area contributed by atoms with Crippen molar-refractivity contribution >= 4 is 23.6 Å². The van der Waals surface area contributed by atoms with Crippen molar-refractivity contribution in [1.29, 1.82) is 0 Å². The summed E-state index contributed by atoms with van der Waals surface area (Å²) in [7, 11) is 3.20. The molecule has 0 bridgehead atoms. The topological polar surface area (TPSA) is 135 Å². The number of para-hydroxylation sites is 1. The van der Waals surface area contributed by atoms with Crippen molar-refractivity contribution in [2.45, 2.75) is 38.3 Å². The van der Waals surface area contributed by atoms with E-state index in [9.17, 15) is 19.2 Å². The molecule has 1 aliphatic rings. The zero-order chi connectivity index (χ0) is 32.2. The van der Waals surface area contributed by atoms with Gasteiger partial charge in [0.1, 0.15) is 31.0 Å². The van der Waals surface area contributed by atoms with Crippen molar-refractivity contribution < 1.29 is 33.4 Å². The highest BCUT2D eigenvalue weighted by Gasteiger charge is 2.28. The summed E-state index contributed by atoms with van der Waals surface area (Å²) in [6, 6.07) is 19.8. The number of rotatable bonds is 8. The number of ether oxygens (including phenoxy) is 3. The predicted molar refractivity (Wildman–Crippen MR) is 168 cm³/mol. The number of methoxy groups -OCH3 is 1. The lowest BCUT2D eigenvalue weighted by atomic mass is 10.0. The van der Waals surface area contributed by atoms with E-state index in [1.807, 2.05) is 49.4 Å². The lowest BCUT2D eigenvalue weighted by molar-refractivity contribution is -0.135. The Balaban J connectivity index is 1.49. The van der Waals surface area contributed by atoms with Crippen LogP contribution in [0.25, 0.3) is 0 Å². The Bertz CT molecular complexity index is 1480. The second kappa shape index (κ2) is 16.1. The highest BCUT2D eigenvalue weighted by atomic mass is 16.5. The van der Waals surface area contributed by atoms with Crippen LogP contribution in [-0.2, 0) is 20.8 Å². The molecule has 0 unspecified atom stereocenters. The third-order valence-corrected chi connectivity index (χ3v) is 7.37. The second-order valence-electron chi connectivity index (χ2n) is 10.8. The van der Waals surface area contributed by atoms with Gasteiger partial charge in [-0.15, -0.1) is 0 Å². The minimum Gasteiger partial charge on any atom is -0.493 e. The van der Waals surface area contributed by atoms with Gasteiger partial charge in [0.05, 0.1) is 25.8 Å². The molecule has 238 valence electrons. The van der Waals surface area contributed by atoms with Crippen LogP contribution >= 0.6 is 0 Å². The van der Waals surface area contributed by atoms with Gasteiger partial charge in [0.25, 0.3) is 5.91 Å². The van der Waals surface area contributed by atoms with E-state index in [4.69, 9.17) is 14.2 Å². The molecule has 45 heavy (non-hydrogen) atoms. The number of amides is 4. The third-order valence-electron chi connectivity index (χ3n) is 7.37. The summed E-state index contributed by atoms with van der Waals surface area (Å²) in [5, 5.41) is 8.39. The Morgan fingerprint density at radius 2 is 1.76 bits per heavy atom. The Hall–Kier alpha value is -5.06. The predicted octanol–water partition coefficient (Wildman–Crippen LogP) is 2.66. The zero-order valence-corrected chi connectivity index (χ0v) is 25.8. The van der Waals surface area contributed by atoms with Crippen LogP contribution in [0.5, 0.6) is 17.2 Å². The van der Waals surface area contributed by atoms with E-state index in [1.54, 1.807) is 44.5 Å². The van der Waals surface area contributed by atoms with Crippen molar-refractivity contribution in [3.8, 4) is 17.2 Å². The Kier molecular flexibility index (Phi) is 11.8. The van der Waals surface area contributed by atoms with Gasteiger partial charge in [-0.2, -0.15) is 0 Å². The first kappa shape index (κ1) is 32.8. The first-order valence-corrected chi connectivity index (χ1v) is 14.9. The Morgan fingerprint density at radius 1 is 1.00 bits per heavy atom. The van der Waals surface area contributed by atoms with E-state index in [-0.39, 0.29) is 50.6 Å². The number of benzene rings is 3. The molecule has 1 heterocycles. The maximum Gasteiger partial charge on any atom is 0.255 e. The lowest BCUT2D eigenvalue weighted by Gasteiger charge is -2.25. The molecular weight excluding hydrogens is 576 g/mol. The van der Waals surface area contributed by atoms with Crippen LogP contribution < -0.4 is 30.2 Å². The summed E-state index contributed by atoms with van der Waals surface area (Å²) in [5.74, 6) is -0.238. The zero-order valence-electron chi connectivity index (χ0n) is 25.8. The quantitative estimate of drug-likeness (QED) is 0.331. The first-order valence-electron chi connectivity index (χ1n) is 14.9. The second-order valence-corrected chi connectivity index (χ2v) is 10.8. The molecule has 0 aliphatic carbocycles. The number of fused-ring (bicyclic) bond motifs is 1. The number of hydrogen-bond donors (Lipinski definition) is 3. The molecule has 0 spiro atoms. The fraction of sp³-hybridized carbons (Fsp3) is 0.353. The molecular formula is C34H40N4O7. The first-order chi connectivity index (χ1) is 21.7. The van der Waals surface area contributed by atoms with Gasteiger partial charge in [-0.3, -0.25) is 19.2 Å². The largest absolute Gasteiger partial charge is 0.493 e. The van der Waals surface area contributed by atoms with Crippen molar-refractivity contribution in [2.24, 2.45) is 0 Å². The van der Waals surface area contributed by atoms with Gasteiger partial charge < -0.3 is 35.1 Å². The molecule has 3 N–H and O–H groups in total. The standard InChI is InChI=1S/C34H40N4O7/c1-23-13-15-29(30(21-23)43-3)44-19-17-35-33(41)26-14-16-31(39)36-27(22-24-9-5-4-6-10-24)34(42)38(2)18-20-45-28-12-8-7-11-25(28)32(40)37-26/h4-13,15,21,26-27H,14,16-20,22H2,1-3H3,(H,35,41)(H,36,39)(H,37,40)/t26-,27-/m0/s1. The van der Waals surface area contributed by atoms with Crippen LogP contribution in [0.4, 0.5) is 0 Å². The highest BCUT2D eigenvalue weighted by Crippen LogP contribution is 2.27. The van der Waals surface area contributed by atoms with E-state index < -0.39 is 29.8 Å². The van der Waals surface area contributed by atoms with E-state index in [0.717, 1.165) is 11.1 Å². The van der Waals surface area contributed by atoms with Crippen molar-refractivity contribution in [2.75, 3.05) is 40.5 Å². The normalized spacial score (nSPS) is 17.8. The average Bonchev–Trinajstić information content (AvgIpc) is 3.05. The third kappa shape index (κ3) is 9.46. The van der Waals surface area contributed by atoms with Gasteiger partial charge >= 0.3 is 0 Å². The van der Waals surface area contributed by atoms with E-state index in [1.165, 1.54) is 4.90 Å². The molecule has 4 rings (SSSR count). The summed E-state index contributed by atoms with van der Waals surface area (Å²) < 4.78 is 17.1. The molecule has 0 aromatic heterocycles. The minimum absolute atomic E-state index is 0.00115. The number of carbonyl (C=O) groups excluding carboxylic acids is 4.